The number of rotatable bonds is 3. The van der Waals surface area contributed by atoms with Crippen molar-refractivity contribution >= 4 is 72.6 Å². The van der Waals surface area contributed by atoms with Crippen LogP contribution in [0.4, 0.5) is 0 Å². The summed E-state index contributed by atoms with van der Waals surface area (Å²) in [6.45, 7) is -0.0556. The van der Waals surface area contributed by atoms with Gasteiger partial charge in [-0.05, 0) is 38.7 Å². The van der Waals surface area contributed by atoms with Gasteiger partial charge in [0.25, 0.3) is 0 Å². The second-order valence-corrected chi connectivity index (χ2v) is 2.01. The Balaban J connectivity index is -0.000000138. The molecule has 0 fully saturated rings. The zero-order valence-corrected chi connectivity index (χ0v) is 10.2. The molecule has 84 valence electrons. The van der Waals surface area contributed by atoms with Gasteiger partial charge in [0, 0.05) is 0 Å². The maximum Gasteiger partial charge on any atom is 0.659 e. The van der Waals surface area contributed by atoms with E-state index in [4.69, 9.17) is 20.1 Å². The molecule has 0 bridgehead atoms. The zero-order valence-electron chi connectivity index (χ0n) is 6.66. The Morgan fingerprint density at radius 1 is 0.929 bits per heavy atom. The second-order valence-electron chi connectivity index (χ2n) is 1.09. The summed E-state index contributed by atoms with van der Waals surface area (Å²) in [6, 6.07) is 0. The highest BCUT2D eigenvalue weighted by molar-refractivity contribution is 8.05. The molecule has 14 heteroatoms. The molecule has 0 saturated carbocycles. The highest BCUT2D eigenvalue weighted by Crippen LogP contribution is 1.87. The van der Waals surface area contributed by atoms with Gasteiger partial charge in [-0.2, -0.15) is 12.5 Å². The quantitative estimate of drug-likeness (QED) is 0.167. The Hall–Kier alpha value is 1.31. The van der Waals surface area contributed by atoms with Crippen LogP contribution in [0.2, 0.25) is 0 Å². The van der Waals surface area contributed by atoms with E-state index < -0.39 is 14.6 Å². The Kier molecular flexibility index (Phi) is 29.3. The van der Waals surface area contributed by atoms with Crippen molar-refractivity contribution < 1.29 is 32.4 Å². The summed E-state index contributed by atoms with van der Waals surface area (Å²) >= 11 is 12.7. The summed E-state index contributed by atoms with van der Waals surface area (Å²) in [6.07, 6.45) is 0. The van der Waals surface area contributed by atoms with Crippen molar-refractivity contribution in [3.8, 4) is 0 Å². The van der Waals surface area contributed by atoms with Crippen LogP contribution in [-0.4, -0.2) is 41.5 Å². The van der Waals surface area contributed by atoms with Crippen LogP contribution in [0.1, 0.15) is 0 Å². The number of hydrogen-bond acceptors (Lipinski definition) is 11. The smallest absolute Gasteiger partial charge is 0.444 e. The van der Waals surface area contributed by atoms with Crippen LogP contribution in [0.3, 0.4) is 0 Å². The molecule has 7 nitrogen and oxygen atoms in total. The topological polar surface area (TPSA) is 109 Å². The SMILES string of the molecule is OB(O)OS.OB(OS)OS.OBS. The summed E-state index contributed by atoms with van der Waals surface area (Å²) in [5.41, 5.74) is 0. The van der Waals surface area contributed by atoms with Gasteiger partial charge in [0.15, 0.2) is 0 Å². The third kappa shape index (κ3) is 37.7. The summed E-state index contributed by atoms with van der Waals surface area (Å²) in [5, 5.41) is 30.7. The van der Waals surface area contributed by atoms with Gasteiger partial charge < -0.3 is 32.4 Å². The fourth-order valence-electron chi connectivity index (χ4n) is 0.0192. The van der Waals surface area contributed by atoms with Crippen molar-refractivity contribution in [3.05, 3.63) is 0 Å². The lowest BCUT2D eigenvalue weighted by atomic mass is 10.3. The molecule has 0 atom stereocenters. The molecule has 0 aliphatic carbocycles. The molecule has 0 aliphatic rings. The zero-order chi connectivity index (χ0) is 12.0. The highest BCUT2D eigenvalue weighted by atomic mass is 32.1. The molecule has 0 unspecified atom stereocenters. The fraction of sp³-hybridized carbons (Fsp3) is 0. The van der Waals surface area contributed by atoms with Gasteiger partial charge in [0.2, 0.25) is 0 Å². The van der Waals surface area contributed by atoms with E-state index in [0.717, 1.165) is 0 Å². The maximum absolute atomic E-state index is 8.07. The first-order valence-electron chi connectivity index (χ1n) is 2.66. The van der Waals surface area contributed by atoms with Crippen LogP contribution < -0.4 is 0 Å². The summed E-state index contributed by atoms with van der Waals surface area (Å²) < 4.78 is 11.3. The van der Waals surface area contributed by atoms with E-state index in [1.54, 1.807) is 0 Å². The average Bonchev–Trinajstić information content (AvgIpc) is 2.18. The van der Waals surface area contributed by atoms with E-state index in [0.29, 0.717) is 0 Å². The lowest BCUT2D eigenvalue weighted by Gasteiger charge is -1.91. The Bertz CT molecular complexity index is 81.3. The van der Waals surface area contributed by atoms with Gasteiger partial charge in [-0.25, -0.2) is 0 Å². The monoisotopic (exact) mass is 282 g/mol. The van der Waals surface area contributed by atoms with Gasteiger partial charge in [0.05, 0.1) is 0 Å². The predicted octanol–water partition coefficient (Wildman–Crippen LogP) is -2.32. The van der Waals surface area contributed by atoms with E-state index in [1.807, 2.05) is 0 Å². The van der Waals surface area contributed by atoms with Gasteiger partial charge in [0.1, 0.15) is 0 Å². The minimum absolute atomic E-state index is 0.0556. The maximum atomic E-state index is 8.07. The summed E-state index contributed by atoms with van der Waals surface area (Å²) in [7, 11) is -3.09. The van der Waals surface area contributed by atoms with Crippen LogP contribution in [0, 0.1) is 0 Å². The van der Waals surface area contributed by atoms with Crippen LogP contribution >= 0.6 is 51.2 Å². The van der Waals surface area contributed by atoms with Gasteiger partial charge in [-0.3, -0.25) is 0 Å². The molecule has 0 saturated heterocycles. The van der Waals surface area contributed by atoms with Crippen molar-refractivity contribution in [3.63, 3.8) is 0 Å². The molecule has 0 aromatic heterocycles. The van der Waals surface area contributed by atoms with Crippen molar-refractivity contribution in [2.45, 2.75) is 0 Å². The van der Waals surface area contributed by atoms with Crippen LogP contribution in [0.25, 0.3) is 0 Å². The molecule has 0 spiro atoms. The Morgan fingerprint density at radius 3 is 1.14 bits per heavy atom. The van der Waals surface area contributed by atoms with Crippen LogP contribution in [0.15, 0.2) is 0 Å². The largest absolute Gasteiger partial charge is 0.659 e. The van der Waals surface area contributed by atoms with E-state index >= 15 is 0 Å². The minimum atomic E-state index is -1.75. The summed E-state index contributed by atoms with van der Waals surface area (Å²) in [5.74, 6) is 0. The van der Waals surface area contributed by atoms with Crippen molar-refractivity contribution in [2.75, 3.05) is 0 Å². The van der Waals surface area contributed by atoms with E-state index in [1.165, 1.54) is 0 Å². The third-order valence-electron chi connectivity index (χ3n) is 0.275. The molecule has 0 aromatic carbocycles. The molecule has 0 amide bonds. The van der Waals surface area contributed by atoms with Crippen molar-refractivity contribution in [2.24, 2.45) is 0 Å². The van der Waals surface area contributed by atoms with E-state index in [2.05, 4.69) is 63.5 Å². The lowest BCUT2D eigenvalue weighted by Crippen LogP contribution is -2.11. The number of hydrogen-bond donors (Lipinski definition) is 8. The van der Waals surface area contributed by atoms with E-state index in [9.17, 15) is 0 Å². The standard InChI is InChI=1S/BH3O3S2.BH3O3S.BH3OS/c2-1(3-5)4-6;2-1(3)4-5;2-1-3/h2,5-6H;2-3,5H;1-3H. The first kappa shape index (κ1) is 20.7. The molecular formula is H9B3O7S4. The van der Waals surface area contributed by atoms with Gasteiger partial charge in [-0.15, -0.1) is 0 Å². The third-order valence-corrected chi connectivity index (χ3v) is 0.824. The molecule has 0 aromatic rings. The van der Waals surface area contributed by atoms with Crippen LogP contribution in [-0.2, 0) is 12.3 Å². The molecule has 14 heavy (non-hydrogen) atoms. The second kappa shape index (κ2) is 19.8. The minimum Gasteiger partial charge on any atom is -0.444 e. The van der Waals surface area contributed by atoms with Crippen molar-refractivity contribution in [1.82, 2.24) is 0 Å². The molecule has 0 aliphatic heterocycles. The highest BCUT2D eigenvalue weighted by Gasteiger charge is 2.09. The van der Waals surface area contributed by atoms with Crippen molar-refractivity contribution in [1.29, 1.82) is 0 Å². The van der Waals surface area contributed by atoms with Gasteiger partial charge in [-0.1, -0.05) is 0 Å². The molecule has 0 radical (unpaired) electrons. The lowest BCUT2D eigenvalue weighted by molar-refractivity contribution is 0.310. The fourth-order valence-corrected chi connectivity index (χ4v) is 0.173. The van der Waals surface area contributed by atoms with Crippen LogP contribution in [0.5, 0.6) is 0 Å². The first-order chi connectivity index (χ1) is 6.49. The molecular weight excluding hydrogens is 273 g/mol. The molecule has 0 heterocycles. The van der Waals surface area contributed by atoms with Gasteiger partial charge >= 0.3 is 21.4 Å². The molecule has 0 rings (SSSR count). The Morgan fingerprint density at radius 2 is 1.14 bits per heavy atom. The number of thiol groups is 4. The Labute approximate surface area is 105 Å². The molecule has 4 N–H and O–H groups in total. The first-order valence-corrected chi connectivity index (χ1v) is 4.39. The summed E-state index contributed by atoms with van der Waals surface area (Å²) in [4.78, 5) is 0. The normalized spacial score (nSPS) is 7.43. The predicted molar refractivity (Wildman–Crippen MR) is 66.7 cm³/mol. The van der Waals surface area contributed by atoms with E-state index in [-0.39, 0.29) is 6.76 Å². The average molecular weight is 282 g/mol.